The number of halogens is 1. The van der Waals surface area contributed by atoms with Crippen molar-refractivity contribution in [1.29, 1.82) is 0 Å². The number of non-ortho nitro benzene ring substituents is 1. The number of hydrogen-bond donors (Lipinski definition) is 2. The van der Waals surface area contributed by atoms with Crippen LogP contribution in [0.25, 0.3) is 0 Å². The van der Waals surface area contributed by atoms with Gasteiger partial charge in [0.2, 0.25) is 6.10 Å². The number of phenols is 1. The molecule has 3 aromatic rings. The van der Waals surface area contributed by atoms with Gasteiger partial charge in [-0.1, -0.05) is 48.0 Å². The van der Waals surface area contributed by atoms with Gasteiger partial charge in [-0.2, -0.15) is 0 Å². The Morgan fingerprint density at radius 1 is 1.03 bits per heavy atom. The van der Waals surface area contributed by atoms with E-state index in [-0.39, 0.29) is 27.7 Å². The van der Waals surface area contributed by atoms with E-state index in [0.717, 1.165) is 6.07 Å². The van der Waals surface area contributed by atoms with Gasteiger partial charge in [0, 0.05) is 17.7 Å². The number of esters is 1. The lowest BCUT2D eigenvalue weighted by molar-refractivity contribution is -0.384. The molecule has 0 aliphatic heterocycles. The number of benzene rings is 3. The number of carbonyl (C=O) groups is 2. The topological polar surface area (TPSA) is 119 Å². The zero-order valence-electron chi connectivity index (χ0n) is 15.3. The highest BCUT2D eigenvalue weighted by atomic mass is 35.5. The molecule has 0 aliphatic rings. The van der Waals surface area contributed by atoms with E-state index in [1.165, 1.54) is 36.4 Å². The van der Waals surface area contributed by atoms with Crippen LogP contribution in [0.5, 0.6) is 5.75 Å². The fraction of sp³-hybridized carbons (Fsp3) is 0.0476. The molecule has 1 unspecified atom stereocenters. The maximum atomic E-state index is 12.9. The molecule has 0 aliphatic carbocycles. The Kier molecular flexibility index (Phi) is 6.29. The Hall–Kier alpha value is -3.91. The minimum atomic E-state index is -1.33. The first kappa shape index (κ1) is 20.8. The zero-order valence-corrected chi connectivity index (χ0v) is 16.1. The van der Waals surface area contributed by atoms with Crippen LogP contribution < -0.4 is 5.32 Å². The molecule has 9 heteroatoms. The Balaban J connectivity index is 1.86. The monoisotopic (exact) mass is 426 g/mol. The average molecular weight is 427 g/mol. The summed E-state index contributed by atoms with van der Waals surface area (Å²) in [5.74, 6) is -1.64. The number of phenolic OH excluding ortho intramolecular Hbond substituents is 1. The van der Waals surface area contributed by atoms with Crippen LogP contribution in [0, 0.1) is 10.1 Å². The summed E-state index contributed by atoms with van der Waals surface area (Å²) in [7, 11) is 0. The van der Waals surface area contributed by atoms with Gasteiger partial charge in [-0.15, -0.1) is 0 Å². The van der Waals surface area contributed by atoms with Gasteiger partial charge in [0.05, 0.1) is 21.2 Å². The van der Waals surface area contributed by atoms with Gasteiger partial charge in [0.15, 0.2) is 0 Å². The van der Waals surface area contributed by atoms with Crippen molar-refractivity contribution in [3.8, 4) is 5.75 Å². The quantitative estimate of drug-likeness (QED) is 0.340. The highest BCUT2D eigenvalue weighted by Crippen LogP contribution is 2.29. The molecule has 0 saturated carbocycles. The molecular formula is C21H15ClN2O6. The number of nitro benzene ring substituents is 1. The molecule has 0 fully saturated rings. The van der Waals surface area contributed by atoms with Crippen molar-refractivity contribution in [2.45, 2.75) is 6.10 Å². The normalized spacial score (nSPS) is 11.4. The molecule has 8 nitrogen and oxygen atoms in total. The number of amides is 1. The lowest BCUT2D eigenvalue weighted by atomic mass is 10.1. The van der Waals surface area contributed by atoms with E-state index in [0.29, 0.717) is 5.56 Å². The van der Waals surface area contributed by atoms with Crippen LogP contribution in [-0.4, -0.2) is 21.9 Å². The average Bonchev–Trinajstić information content (AvgIpc) is 2.73. The van der Waals surface area contributed by atoms with Crippen LogP contribution in [0.15, 0.2) is 72.8 Å². The second kappa shape index (κ2) is 9.06. The van der Waals surface area contributed by atoms with E-state index in [1.54, 1.807) is 30.3 Å². The summed E-state index contributed by atoms with van der Waals surface area (Å²) in [5.41, 5.74) is 0.369. The van der Waals surface area contributed by atoms with Gasteiger partial charge < -0.3 is 15.2 Å². The van der Waals surface area contributed by atoms with Gasteiger partial charge >= 0.3 is 5.97 Å². The van der Waals surface area contributed by atoms with Gasteiger partial charge in [-0.05, 0) is 24.3 Å². The lowest BCUT2D eigenvalue weighted by Gasteiger charge is -2.18. The second-order valence-electron chi connectivity index (χ2n) is 6.16. The second-order valence-corrected chi connectivity index (χ2v) is 6.56. The maximum Gasteiger partial charge on any atom is 0.339 e. The van der Waals surface area contributed by atoms with E-state index in [2.05, 4.69) is 5.32 Å². The predicted octanol–water partition coefficient (Wildman–Crippen LogP) is 4.49. The van der Waals surface area contributed by atoms with Crippen molar-refractivity contribution in [3.63, 3.8) is 0 Å². The molecule has 152 valence electrons. The molecular weight excluding hydrogens is 412 g/mol. The summed E-state index contributed by atoms with van der Waals surface area (Å²) in [6.07, 6.45) is -1.33. The molecule has 3 rings (SSSR count). The highest BCUT2D eigenvalue weighted by molar-refractivity contribution is 6.34. The summed E-state index contributed by atoms with van der Waals surface area (Å²) in [5, 5.41) is 22.9. The first-order valence-corrected chi connectivity index (χ1v) is 9.02. The van der Waals surface area contributed by atoms with E-state index >= 15 is 0 Å². The molecule has 3 aromatic carbocycles. The summed E-state index contributed by atoms with van der Waals surface area (Å²) >= 11 is 6.03. The van der Waals surface area contributed by atoms with E-state index in [9.17, 15) is 24.8 Å². The third-order valence-electron chi connectivity index (χ3n) is 4.07. The van der Waals surface area contributed by atoms with E-state index in [1.807, 2.05) is 0 Å². The van der Waals surface area contributed by atoms with Gasteiger partial charge in [-0.25, -0.2) is 4.79 Å². The Labute approximate surface area is 175 Å². The van der Waals surface area contributed by atoms with Crippen LogP contribution in [0.4, 0.5) is 11.4 Å². The smallest absolute Gasteiger partial charge is 0.339 e. The number of ether oxygens (including phenoxy) is 1. The molecule has 1 amide bonds. The molecule has 0 heterocycles. The third kappa shape index (κ3) is 4.92. The van der Waals surface area contributed by atoms with Crippen molar-refractivity contribution in [2.24, 2.45) is 0 Å². The molecule has 1 atom stereocenters. The van der Waals surface area contributed by atoms with Crippen molar-refractivity contribution in [2.75, 3.05) is 5.32 Å². The first-order valence-electron chi connectivity index (χ1n) is 8.65. The van der Waals surface area contributed by atoms with Crippen LogP contribution in [0.2, 0.25) is 5.02 Å². The van der Waals surface area contributed by atoms with Crippen molar-refractivity contribution >= 4 is 34.9 Å². The van der Waals surface area contributed by atoms with Crippen molar-refractivity contribution in [1.82, 2.24) is 0 Å². The van der Waals surface area contributed by atoms with E-state index < -0.39 is 22.9 Å². The van der Waals surface area contributed by atoms with Crippen LogP contribution in [0.3, 0.4) is 0 Å². The number of carbonyl (C=O) groups excluding carboxylic acids is 2. The minimum Gasteiger partial charge on any atom is -0.508 e. The number of rotatable bonds is 6. The summed E-state index contributed by atoms with van der Waals surface area (Å²) in [4.78, 5) is 35.6. The third-order valence-corrected chi connectivity index (χ3v) is 4.38. The Morgan fingerprint density at radius 3 is 2.40 bits per heavy atom. The fourth-order valence-corrected chi connectivity index (χ4v) is 2.85. The van der Waals surface area contributed by atoms with Gasteiger partial charge in [-0.3, -0.25) is 14.9 Å². The molecule has 0 aromatic heterocycles. The lowest BCUT2D eigenvalue weighted by Crippen LogP contribution is -2.26. The zero-order chi connectivity index (χ0) is 21.7. The largest absolute Gasteiger partial charge is 0.508 e. The number of nitro groups is 1. The summed E-state index contributed by atoms with van der Waals surface area (Å²) in [6, 6.07) is 17.4. The van der Waals surface area contributed by atoms with E-state index in [4.69, 9.17) is 16.3 Å². The number of aromatic hydroxyl groups is 1. The minimum absolute atomic E-state index is 0.0383. The highest BCUT2D eigenvalue weighted by Gasteiger charge is 2.26. The molecule has 30 heavy (non-hydrogen) atoms. The Morgan fingerprint density at radius 2 is 1.77 bits per heavy atom. The van der Waals surface area contributed by atoms with Crippen molar-refractivity contribution in [3.05, 3.63) is 99.1 Å². The number of hydrogen-bond acceptors (Lipinski definition) is 6. The first-order chi connectivity index (χ1) is 14.3. The molecule has 0 radical (unpaired) electrons. The molecule has 2 N–H and O–H groups in total. The van der Waals surface area contributed by atoms with Crippen LogP contribution in [0.1, 0.15) is 22.0 Å². The molecule has 0 bridgehead atoms. The van der Waals surface area contributed by atoms with Crippen LogP contribution in [-0.2, 0) is 9.53 Å². The Bertz CT molecular complexity index is 1100. The predicted molar refractivity (Wildman–Crippen MR) is 109 cm³/mol. The van der Waals surface area contributed by atoms with Gasteiger partial charge in [0.25, 0.3) is 11.6 Å². The molecule has 0 spiro atoms. The summed E-state index contributed by atoms with van der Waals surface area (Å²) in [6.45, 7) is 0. The standard InChI is InChI=1S/C21H15ClN2O6/c22-17-12-15(24(28)29)9-10-18(17)23-20(26)19(13-5-2-1-3-6-13)30-21(27)14-7-4-8-16(25)11-14/h1-12,19,25H,(H,23,26). The number of nitrogens with one attached hydrogen (secondary N) is 1. The number of anilines is 1. The fourth-order valence-electron chi connectivity index (χ4n) is 2.63. The number of nitrogens with zero attached hydrogens (tertiary/aromatic N) is 1. The maximum absolute atomic E-state index is 12.9. The summed E-state index contributed by atoms with van der Waals surface area (Å²) < 4.78 is 5.40. The van der Waals surface area contributed by atoms with Crippen LogP contribution >= 0.6 is 11.6 Å². The SMILES string of the molecule is O=C(OC(C(=O)Nc1ccc([N+](=O)[O-])cc1Cl)c1ccccc1)c1cccc(O)c1. The van der Waals surface area contributed by atoms with Gasteiger partial charge in [0.1, 0.15) is 5.75 Å². The van der Waals surface area contributed by atoms with Crippen molar-refractivity contribution < 1.29 is 24.4 Å². The molecule has 0 saturated heterocycles.